The van der Waals surface area contributed by atoms with Crippen LogP contribution in [0.25, 0.3) is 21.3 Å². The summed E-state index contributed by atoms with van der Waals surface area (Å²) in [6.07, 6.45) is 1.92. The molecule has 0 saturated heterocycles. The number of carboxylic acids is 1. The molecule has 0 radical (unpaired) electrons. The highest BCUT2D eigenvalue weighted by atomic mass is 32.1. The minimum atomic E-state index is -0.904. The van der Waals surface area contributed by atoms with Crippen molar-refractivity contribution < 1.29 is 19.0 Å². The van der Waals surface area contributed by atoms with Gasteiger partial charge < -0.3 is 14.4 Å². The van der Waals surface area contributed by atoms with E-state index in [9.17, 15) is 14.3 Å². The monoisotopic (exact) mass is 395 g/mol. The molecule has 6 heteroatoms. The van der Waals surface area contributed by atoms with Crippen molar-refractivity contribution in [1.82, 2.24) is 4.57 Å². The highest BCUT2D eigenvalue weighted by molar-refractivity contribution is 7.19. The zero-order valence-corrected chi connectivity index (χ0v) is 16.2. The van der Waals surface area contributed by atoms with E-state index in [2.05, 4.69) is 0 Å². The topological polar surface area (TPSA) is 51.5 Å². The summed E-state index contributed by atoms with van der Waals surface area (Å²) in [5.41, 5.74) is 3.79. The van der Waals surface area contributed by atoms with Crippen molar-refractivity contribution >= 4 is 27.5 Å². The van der Waals surface area contributed by atoms with Gasteiger partial charge in [0.25, 0.3) is 0 Å². The number of methoxy groups -OCH3 is 1. The molecule has 1 N–H and O–H groups in total. The fourth-order valence-electron chi connectivity index (χ4n) is 3.41. The maximum Gasteiger partial charge on any atom is 0.338 e. The average Bonchev–Trinajstić information content (AvgIpc) is 3.20. The highest BCUT2D eigenvalue weighted by Crippen LogP contribution is 2.32. The van der Waals surface area contributed by atoms with Crippen molar-refractivity contribution in [3.8, 4) is 16.9 Å². The number of rotatable bonds is 5. The Labute approximate surface area is 165 Å². The Bertz CT molecular complexity index is 1170. The normalized spacial score (nSPS) is 11.1. The number of aromatic nitrogens is 1. The third kappa shape index (κ3) is 3.27. The van der Waals surface area contributed by atoms with Gasteiger partial charge in [-0.25, -0.2) is 9.18 Å². The van der Waals surface area contributed by atoms with Gasteiger partial charge in [-0.05, 0) is 41.8 Å². The number of ether oxygens (including phenoxy) is 1. The molecule has 0 fully saturated rings. The SMILES string of the molecule is COc1cc(F)cc(-c2ccc(Cn3ccc4sc(C)c(C(=O)O)c43)cc2)c1. The first kappa shape index (κ1) is 18.3. The number of aryl methyl sites for hydroxylation is 1. The van der Waals surface area contributed by atoms with Crippen molar-refractivity contribution in [3.05, 3.63) is 76.5 Å². The number of fused-ring (bicyclic) bond motifs is 1. The maximum absolute atomic E-state index is 13.8. The number of nitrogens with zero attached hydrogens (tertiary/aromatic N) is 1. The van der Waals surface area contributed by atoms with E-state index in [0.29, 0.717) is 17.9 Å². The van der Waals surface area contributed by atoms with Crippen LogP contribution in [0.1, 0.15) is 20.8 Å². The molecular weight excluding hydrogens is 377 g/mol. The molecule has 28 heavy (non-hydrogen) atoms. The molecule has 4 nitrogen and oxygen atoms in total. The quantitative estimate of drug-likeness (QED) is 0.480. The molecule has 142 valence electrons. The van der Waals surface area contributed by atoms with Crippen LogP contribution in [0.15, 0.2) is 54.7 Å². The molecule has 0 amide bonds. The third-order valence-electron chi connectivity index (χ3n) is 4.74. The fourth-order valence-corrected chi connectivity index (χ4v) is 4.48. The van der Waals surface area contributed by atoms with Gasteiger partial charge in [0.05, 0.1) is 22.9 Å². The second-order valence-corrected chi connectivity index (χ2v) is 7.83. The lowest BCUT2D eigenvalue weighted by Gasteiger charge is -2.09. The van der Waals surface area contributed by atoms with Crippen LogP contribution in [0.2, 0.25) is 0 Å². The Morgan fingerprint density at radius 2 is 1.89 bits per heavy atom. The molecule has 4 rings (SSSR count). The molecule has 2 heterocycles. The first-order valence-electron chi connectivity index (χ1n) is 8.71. The van der Waals surface area contributed by atoms with Crippen LogP contribution in [0.4, 0.5) is 4.39 Å². The predicted octanol–water partition coefficient (Wildman–Crippen LogP) is 5.57. The second kappa shape index (κ2) is 7.13. The van der Waals surface area contributed by atoms with E-state index in [1.54, 1.807) is 6.07 Å². The maximum atomic E-state index is 13.8. The smallest absolute Gasteiger partial charge is 0.338 e. The zero-order valence-electron chi connectivity index (χ0n) is 15.4. The summed E-state index contributed by atoms with van der Waals surface area (Å²) in [5.74, 6) is -0.774. The van der Waals surface area contributed by atoms with Gasteiger partial charge in [-0.15, -0.1) is 11.3 Å². The molecule has 0 bridgehead atoms. The first-order chi connectivity index (χ1) is 13.5. The van der Waals surface area contributed by atoms with E-state index in [0.717, 1.165) is 31.8 Å². The molecule has 4 aromatic rings. The number of thiophene rings is 1. The summed E-state index contributed by atoms with van der Waals surface area (Å²) in [5, 5.41) is 9.54. The van der Waals surface area contributed by atoms with E-state index >= 15 is 0 Å². The number of hydrogen-bond donors (Lipinski definition) is 1. The molecule has 0 saturated carbocycles. The number of hydrogen-bond acceptors (Lipinski definition) is 3. The van der Waals surface area contributed by atoms with E-state index in [1.807, 2.05) is 48.0 Å². The standard InChI is InChI=1S/C22H18FNO3S/c1-13-20(22(25)26)21-19(28-13)7-8-24(21)12-14-3-5-15(6-4-14)16-9-17(23)11-18(10-16)27-2/h3-11H,12H2,1-2H3,(H,25,26). The lowest BCUT2D eigenvalue weighted by molar-refractivity contribution is 0.0698. The molecule has 2 aromatic carbocycles. The van der Waals surface area contributed by atoms with Crippen LogP contribution >= 0.6 is 11.3 Å². The highest BCUT2D eigenvalue weighted by Gasteiger charge is 2.19. The predicted molar refractivity (Wildman–Crippen MR) is 109 cm³/mol. The molecule has 0 aliphatic heterocycles. The fraction of sp³-hybridized carbons (Fsp3) is 0.136. The minimum absolute atomic E-state index is 0.345. The summed E-state index contributed by atoms with van der Waals surface area (Å²) >= 11 is 1.49. The van der Waals surface area contributed by atoms with Crippen LogP contribution < -0.4 is 4.74 Å². The third-order valence-corrected chi connectivity index (χ3v) is 5.80. The van der Waals surface area contributed by atoms with Crippen LogP contribution in [0.3, 0.4) is 0 Å². The van der Waals surface area contributed by atoms with Gasteiger partial charge in [0, 0.05) is 23.7 Å². The van der Waals surface area contributed by atoms with Crippen molar-refractivity contribution in [2.75, 3.05) is 7.11 Å². The van der Waals surface area contributed by atoms with Gasteiger partial charge in [-0.2, -0.15) is 0 Å². The van der Waals surface area contributed by atoms with Gasteiger partial charge in [-0.3, -0.25) is 0 Å². The molecule has 0 unspecified atom stereocenters. The lowest BCUT2D eigenvalue weighted by Crippen LogP contribution is -2.03. The van der Waals surface area contributed by atoms with E-state index in [-0.39, 0.29) is 5.82 Å². The van der Waals surface area contributed by atoms with Crippen LogP contribution in [-0.4, -0.2) is 22.8 Å². The van der Waals surface area contributed by atoms with E-state index in [4.69, 9.17) is 4.74 Å². The van der Waals surface area contributed by atoms with Gasteiger partial charge >= 0.3 is 5.97 Å². The number of benzene rings is 2. The van der Waals surface area contributed by atoms with Crippen LogP contribution in [-0.2, 0) is 6.54 Å². The number of carbonyl (C=O) groups is 1. The van der Waals surface area contributed by atoms with Gasteiger partial charge in [0.15, 0.2) is 0 Å². The zero-order chi connectivity index (χ0) is 19.8. The summed E-state index contributed by atoms with van der Waals surface area (Å²) in [4.78, 5) is 12.4. The van der Waals surface area contributed by atoms with Crippen molar-refractivity contribution in [1.29, 1.82) is 0 Å². The molecule has 2 aromatic heterocycles. The summed E-state index contributed by atoms with van der Waals surface area (Å²) in [6, 6.07) is 14.4. The average molecular weight is 395 g/mol. The van der Waals surface area contributed by atoms with Gasteiger partial charge in [0.1, 0.15) is 11.6 Å². The molecule has 0 aliphatic rings. The summed E-state index contributed by atoms with van der Waals surface area (Å²) < 4.78 is 21.8. The summed E-state index contributed by atoms with van der Waals surface area (Å²) in [6.45, 7) is 2.40. The van der Waals surface area contributed by atoms with E-state index < -0.39 is 5.97 Å². The molecule has 0 aliphatic carbocycles. The van der Waals surface area contributed by atoms with Crippen molar-refractivity contribution in [2.45, 2.75) is 13.5 Å². The Hall–Kier alpha value is -3.12. The second-order valence-electron chi connectivity index (χ2n) is 6.57. The van der Waals surface area contributed by atoms with Crippen LogP contribution in [0, 0.1) is 12.7 Å². The van der Waals surface area contributed by atoms with Crippen molar-refractivity contribution in [3.63, 3.8) is 0 Å². The van der Waals surface area contributed by atoms with E-state index in [1.165, 1.54) is 30.6 Å². The lowest BCUT2D eigenvalue weighted by atomic mass is 10.0. The molecule has 0 spiro atoms. The summed E-state index contributed by atoms with van der Waals surface area (Å²) in [7, 11) is 1.51. The van der Waals surface area contributed by atoms with Crippen LogP contribution in [0.5, 0.6) is 5.75 Å². The minimum Gasteiger partial charge on any atom is -0.497 e. The first-order valence-corrected chi connectivity index (χ1v) is 9.53. The van der Waals surface area contributed by atoms with Gasteiger partial charge in [0.2, 0.25) is 0 Å². The number of carboxylic acid groups (broad SMARTS) is 1. The Kier molecular flexibility index (Phi) is 4.65. The largest absolute Gasteiger partial charge is 0.497 e. The Balaban J connectivity index is 1.65. The Morgan fingerprint density at radius 1 is 1.14 bits per heavy atom. The number of aromatic carboxylic acids is 1. The molecular formula is C22H18FNO3S. The molecule has 0 atom stereocenters. The Morgan fingerprint density at radius 3 is 2.57 bits per heavy atom. The van der Waals surface area contributed by atoms with Gasteiger partial charge in [-0.1, -0.05) is 24.3 Å². The van der Waals surface area contributed by atoms with Crippen molar-refractivity contribution in [2.24, 2.45) is 0 Å². The number of halogens is 1.